The van der Waals surface area contributed by atoms with Crippen LogP contribution < -0.4 is 10.6 Å². The number of hydrogen-bond donors (Lipinski definition) is 3. The minimum absolute atomic E-state index is 0.0415. The molecule has 2 heterocycles. The number of carbonyl (C=O) groups excluding carboxylic acids is 2. The van der Waals surface area contributed by atoms with Crippen LogP contribution in [0, 0.1) is 10.9 Å². The molecule has 2 atom stereocenters. The Hall–Kier alpha value is -2.84. The number of H-pyrrole nitrogens is 1. The molecule has 3 aromatic rings. The maximum Gasteiger partial charge on any atom is 0.257 e. The van der Waals surface area contributed by atoms with Crippen LogP contribution in [0.2, 0.25) is 0 Å². The maximum atomic E-state index is 12.5. The Kier molecular flexibility index (Phi) is 5.06. The zero-order valence-electron chi connectivity index (χ0n) is 15.1. The third-order valence-corrected chi connectivity index (χ3v) is 5.88. The van der Waals surface area contributed by atoms with E-state index in [2.05, 4.69) is 20.8 Å². The van der Waals surface area contributed by atoms with Crippen LogP contribution in [0.3, 0.4) is 0 Å². The first-order valence-electron chi connectivity index (χ1n) is 8.83. The average Bonchev–Trinajstić information content (AvgIpc) is 3.27. The zero-order valence-corrected chi connectivity index (χ0v) is 16.7. The molecule has 8 heteroatoms. The van der Waals surface area contributed by atoms with E-state index in [1.54, 1.807) is 6.07 Å². The number of hydrogen-bond acceptors (Lipinski definition) is 5. The summed E-state index contributed by atoms with van der Waals surface area (Å²) in [5, 5.41) is 12.8. The van der Waals surface area contributed by atoms with Crippen LogP contribution in [-0.2, 0) is 4.79 Å². The third-order valence-electron chi connectivity index (χ3n) is 4.88. The number of nitrogens with one attached hydrogen (secondary N) is 3. The normalized spacial score (nSPS) is 18.7. The Bertz CT molecular complexity index is 1090. The SMILES string of the molecule is Cc1cc(C(=O)Nc2n[nH]c(=S)s2)ccc1C1NC(=O)CC1c1ccccc1. The molecule has 2 aromatic carbocycles. The van der Waals surface area contributed by atoms with Crippen molar-refractivity contribution < 1.29 is 9.59 Å². The highest BCUT2D eigenvalue weighted by Crippen LogP contribution is 2.39. The fraction of sp³-hybridized carbons (Fsp3) is 0.200. The van der Waals surface area contributed by atoms with Crippen LogP contribution in [-0.4, -0.2) is 22.0 Å². The second-order valence-electron chi connectivity index (χ2n) is 6.71. The van der Waals surface area contributed by atoms with Crippen molar-refractivity contribution in [3.8, 4) is 0 Å². The van der Waals surface area contributed by atoms with Gasteiger partial charge < -0.3 is 5.32 Å². The number of aromatic nitrogens is 2. The lowest BCUT2D eigenvalue weighted by molar-refractivity contribution is -0.119. The number of carbonyl (C=O) groups is 2. The second kappa shape index (κ2) is 7.65. The average molecular weight is 411 g/mol. The molecule has 4 rings (SSSR count). The lowest BCUT2D eigenvalue weighted by atomic mass is 9.86. The number of amides is 2. The van der Waals surface area contributed by atoms with Crippen LogP contribution in [0.4, 0.5) is 5.13 Å². The second-order valence-corrected chi connectivity index (χ2v) is 8.38. The molecule has 1 saturated heterocycles. The van der Waals surface area contributed by atoms with E-state index in [9.17, 15) is 9.59 Å². The Morgan fingerprint density at radius 1 is 1.25 bits per heavy atom. The molecule has 2 unspecified atom stereocenters. The third kappa shape index (κ3) is 3.74. The van der Waals surface area contributed by atoms with Crippen molar-refractivity contribution in [2.45, 2.75) is 25.3 Å². The fourth-order valence-electron chi connectivity index (χ4n) is 3.57. The van der Waals surface area contributed by atoms with Crippen molar-refractivity contribution in [1.82, 2.24) is 15.5 Å². The first-order chi connectivity index (χ1) is 13.5. The van der Waals surface area contributed by atoms with Gasteiger partial charge in [0, 0.05) is 17.9 Å². The molecular formula is C20H18N4O2S2. The largest absolute Gasteiger partial charge is 0.349 e. The van der Waals surface area contributed by atoms with Crippen molar-refractivity contribution in [3.63, 3.8) is 0 Å². The predicted molar refractivity (Wildman–Crippen MR) is 111 cm³/mol. The number of nitrogens with zero attached hydrogens (tertiary/aromatic N) is 1. The summed E-state index contributed by atoms with van der Waals surface area (Å²) < 4.78 is 0.505. The minimum atomic E-state index is -0.248. The number of aryl methyl sites for hydroxylation is 1. The number of anilines is 1. The van der Waals surface area contributed by atoms with E-state index >= 15 is 0 Å². The van der Waals surface area contributed by atoms with Gasteiger partial charge in [-0.1, -0.05) is 47.7 Å². The van der Waals surface area contributed by atoms with Gasteiger partial charge in [0.15, 0.2) is 3.95 Å². The summed E-state index contributed by atoms with van der Waals surface area (Å²) in [6, 6.07) is 15.5. The molecule has 0 radical (unpaired) electrons. The molecule has 1 fully saturated rings. The van der Waals surface area contributed by atoms with Crippen LogP contribution in [0.1, 0.15) is 45.4 Å². The monoisotopic (exact) mass is 410 g/mol. The van der Waals surface area contributed by atoms with Gasteiger partial charge >= 0.3 is 0 Å². The molecule has 1 aliphatic rings. The van der Waals surface area contributed by atoms with Gasteiger partial charge in [0.25, 0.3) is 5.91 Å². The highest BCUT2D eigenvalue weighted by atomic mass is 32.1. The van der Waals surface area contributed by atoms with E-state index in [1.165, 1.54) is 11.3 Å². The molecule has 28 heavy (non-hydrogen) atoms. The van der Waals surface area contributed by atoms with Gasteiger partial charge in [-0.05, 0) is 48.0 Å². The van der Waals surface area contributed by atoms with Crippen LogP contribution >= 0.6 is 23.6 Å². The van der Waals surface area contributed by atoms with Crippen molar-refractivity contribution in [1.29, 1.82) is 0 Å². The Morgan fingerprint density at radius 3 is 2.71 bits per heavy atom. The van der Waals surface area contributed by atoms with Crippen LogP contribution in [0.25, 0.3) is 0 Å². The quantitative estimate of drug-likeness (QED) is 0.565. The van der Waals surface area contributed by atoms with E-state index in [-0.39, 0.29) is 23.8 Å². The minimum Gasteiger partial charge on any atom is -0.349 e. The number of rotatable bonds is 4. The summed E-state index contributed by atoms with van der Waals surface area (Å²) in [4.78, 5) is 24.6. The molecule has 142 valence electrons. The van der Waals surface area contributed by atoms with E-state index in [1.807, 2.05) is 49.4 Å². The molecule has 0 spiro atoms. The van der Waals surface area contributed by atoms with E-state index in [0.717, 1.165) is 16.7 Å². The molecule has 6 nitrogen and oxygen atoms in total. The van der Waals surface area contributed by atoms with Crippen LogP contribution in [0.5, 0.6) is 0 Å². The molecule has 2 amide bonds. The summed E-state index contributed by atoms with van der Waals surface area (Å²) >= 11 is 6.18. The molecule has 1 aromatic heterocycles. The molecule has 3 N–H and O–H groups in total. The van der Waals surface area contributed by atoms with Crippen molar-refractivity contribution >= 4 is 40.5 Å². The van der Waals surface area contributed by atoms with Gasteiger partial charge in [-0.25, -0.2) is 0 Å². The Labute approximate surface area is 171 Å². The summed E-state index contributed by atoms with van der Waals surface area (Å²) in [6.07, 6.45) is 0.459. The van der Waals surface area contributed by atoms with Gasteiger partial charge in [-0.3, -0.25) is 20.0 Å². The highest BCUT2D eigenvalue weighted by molar-refractivity contribution is 7.73. The molecular weight excluding hydrogens is 392 g/mol. The Balaban J connectivity index is 1.59. The predicted octanol–water partition coefficient (Wildman–Crippen LogP) is 4.11. The molecule has 1 aliphatic heterocycles. The van der Waals surface area contributed by atoms with Crippen LogP contribution in [0.15, 0.2) is 48.5 Å². The molecule has 0 saturated carbocycles. The van der Waals surface area contributed by atoms with Crippen molar-refractivity contribution in [2.24, 2.45) is 0 Å². The topological polar surface area (TPSA) is 86.9 Å². The molecule has 0 aliphatic carbocycles. The van der Waals surface area contributed by atoms with Gasteiger partial charge in [-0.15, -0.1) is 5.10 Å². The van der Waals surface area contributed by atoms with Gasteiger partial charge in [0.2, 0.25) is 11.0 Å². The summed E-state index contributed by atoms with van der Waals surface area (Å²) in [6.45, 7) is 1.96. The number of benzene rings is 2. The fourth-order valence-corrected chi connectivity index (χ4v) is 4.36. The van der Waals surface area contributed by atoms with E-state index in [0.29, 0.717) is 21.1 Å². The van der Waals surface area contributed by atoms with E-state index < -0.39 is 0 Å². The van der Waals surface area contributed by atoms with Crippen molar-refractivity contribution in [3.05, 3.63) is 74.7 Å². The maximum absolute atomic E-state index is 12.5. The van der Waals surface area contributed by atoms with Gasteiger partial charge in [0.05, 0.1) is 6.04 Å². The zero-order chi connectivity index (χ0) is 19.7. The Morgan fingerprint density at radius 2 is 2.04 bits per heavy atom. The summed E-state index contributed by atoms with van der Waals surface area (Å²) in [7, 11) is 0. The smallest absolute Gasteiger partial charge is 0.257 e. The number of aromatic amines is 1. The molecule has 0 bridgehead atoms. The first kappa shape index (κ1) is 18.5. The summed E-state index contributed by atoms with van der Waals surface area (Å²) in [5.41, 5.74) is 3.64. The lowest BCUT2D eigenvalue weighted by Gasteiger charge is -2.22. The van der Waals surface area contributed by atoms with Gasteiger partial charge in [-0.2, -0.15) is 0 Å². The standard InChI is InChI=1S/C20H18N4O2S2/c1-11-9-13(18(26)22-19-23-24-20(27)28-19)7-8-14(11)17-15(10-16(25)21-17)12-5-3-2-4-6-12/h2-9,15,17H,10H2,1H3,(H,21,25)(H,24,27)(H,22,23,26). The lowest BCUT2D eigenvalue weighted by Crippen LogP contribution is -2.21. The first-order valence-corrected chi connectivity index (χ1v) is 10.1. The van der Waals surface area contributed by atoms with E-state index in [4.69, 9.17) is 12.2 Å². The summed E-state index contributed by atoms with van der Waals surface area (Å²) in [5.74, 6) is -0.134. The van der Waals surface area contributed by atoms with Gasteiger partial charge in [0.1, 0.15) is 0 Å². The highest BCUT2D eigenvalue weighted by Gasteiger charge is 2.35. The van der Waals surface area contributed by atoms with Crippen molar-refractivity contribution in [2.75, 3.05) is 5.32 Å².